The number of aliphatic hydroxyl groups excluding tert-OH is 1. The van der Waals surface area contributed by atoms with Gasteiger partial charge in [0.05, 0.1) is 17.9 Å². The van der Waals surface area contributed by atoms with E-state index in [1.165, 1.54) is 0 Å². The highest BCUT2D eigenvalue weighted by Crippen LogP contribution is 2.43. The van der Waals surface area contributed by atoms with Crippen LogP contribution in [0.2, 0.25) is 0 Å². The van der Waals surface area contributed by atoms with Crippen molar-refractivity contribution in [3.63, 3.8) is 0 Å². The fraction of sp³-hybridized carbons (Fsp3) is 0.556. The Bertz CT molecular complexity index is 903. The number of carbonyl (C=O) groups excluding carboxylic acids is 2. The lowest BCUT2D eigenvalue weighted by Crippen LogP contribution is -2.40. The van der Waals surface area contributed by atoms with E-state index in [2.05, 4.69) is 15.4 Å². The third-order valence-electron chi connectivity index (χ3n) is 5.84. The Hall–Kier alpha value is -2.68. The van der Waals surface area contributed by atoms with Crippen LogP contribution in [0.1, 0.15) is 38.1 Å². The first-order chi connectivity index (χ1) is 12.8. The van der Waals surface area contributed by atoms with E-state index >= 15 is 0 Å². The summed E-state index contributed by atoms with van der Waals surface area (Å²) in [5, 5.41) is 20.4. The number of aliphatic hydroxyl groups is 1. The van der Waals surface area contributed by atoms with E-state index in [9.17, 15) is 14.7 Å². The number of amides is 2. The first-order valence-corrected chi connectivity index (χ1v) is 8.98. The zero-order chi connectivity index (χ0) is 19.3. The third kappa shape index (κ3) is 2.73. The standard InChI is InChI=1S/C18H23N5O4/c1-10-4-14(12(3)27-10)16(25)22-5-13-6-23(8-18(13,7-22)9-24)17(26)15-11(2)19-21-20-15/h4,13,24H,5-9H2,1-3H3,(H,19,20,21). The molecule has 0 saturated carbocycles. The Labute approximate surface area is 156 Å². The predicted octanol–water partition coefficient (Wildman–Crippen LogP) is 0.530. The average Bonchev–Trinajstić information content (AvgIpc) is 3.35. The Morgan fingerprint density at radius 3 is 2.37 bits per heavy atom. The maximum absolute atomic E-state index is 12.9. The molecule has 2 unspecified atom stereocenters. The Kier molecular flexibility index (Phi) is 4.06. The number of nitrogens with zero attached hydrogens (tertiary/aromatic N) is 4. The highest BCUT2D eigenvalue weighted by molar-refractivity contribution is 5.96. The van der Waals surface area contributed by atoms with Crippen molar-refractivity contribution in [1.29, 1.82) is 0 Å². The summed E-state index contributed by atoms with van der Waals surface area (Å²) < 4.78 is 5.48. The summed E-state index contributed by atoms with van der Waals surface area (Å²) in [6.07, 6.45) is 0. The molecule has 2 fully saturated rings. The molecule has 9 nitrogen and oxygen atoms in total. The smallest absolute Gasteiger partial charge is 0.276 e. The van der Waals surface area contributed by atoms with Crippen LogP contribution in [0.15, 0.2) is 10.5 Å². The molecular weight excluding hydrogens is 350 g/mol. The molecule has 0 bridgehead atoms. The molecule has 4 rings (SSSR count). The van der Waals surface area contributed by atoms with Crippen LogP contribution in [0.25, 0.3) is 0 Å². The topological polar surface area (TPSA) is 116 Å². The van der Waals surface area contributed by atoms with Crippen LogP contribution in [0, 0.1) is 32.1 Å². The largest absolute Gasteiger partial charge is 0.466 e. The first-order valence-electron chi connectivity index (χ1n) is 8.98. The van der Waals surface area contributed by atoms with E-state index in [1.54, 1.807) is 29.7 Å². The van der Waals surface area contributed by atoms with Crippen molar-refractivity contribution in [1.82, 2.24) is 25.2 Å². The minimum absolute atomic E-state index is 0.0240. The fourth-order valence-electron chi connectivity index (χ4n) is 4.36. The monoisotopic (exact) mass is 373 g/mol. The molecule has 2 aliphatic heterocycles. The second kappa shape index (κ2) is 6.19. The summed E-state index contributed by atoms with van der Waals surface area (Å²) in [7, 11) is 0. The number of aromatic amines is 1. The lowest BCUT2D eigenvalue weighted by atomic mass is 9.82. The Morgan fingerprint density at radius 1 is 1.22 bits per heavy atom. The molecule has 0 spiro atoms. The van der Waals surface area contributed by atoms with Crippen LogP contribution in [-0.2, 0) is 0 Å². The molecule has 0 aromatic carbocycles. The summed E-state index contributed by atoms with van der Waals surface area (Å²) in [5.74, 6) is 1.05. The molecule has 2 aliphatic rings. The van der Waals surface area contributed by atoms with Crippen molar-refractivity contribution < 1.29 is 19.1 Å². The van der Waals surface area contributed by atoms with Gasteiger partial charge in [-0.05, 0) is 26.8 Å². The van der Waals surface area contributed by atoms with E-state index in [1.807, 2.05) is 6.92 Å². The quantitative estimate of drug-likeness (QED) is 0.811. The highest BCUT2D eigenvalue weighted by Gasteiger charge is 2.54. The van der Waals surface area contributed by atoms with Crippen LogP contribution in [0.5, 0.6) is 0 Å². The molecule has 0 aliphatic carbocycles. The minimum atomic E-state index is -0.504. The number of fused-ring (bicyclic) bond motifs is 1. The van der Waals surface area contributed by atoms with Gasteiger partial charge in [-0.15, -0.1) is 0 Å². The van der Waals surface area contributed by atoms with Gasteiger partial charge in [-0.25, -0.2) is 0 Å². The number of hydrogen-bond donors (Lipinski definition) is 2. The van der Waals surface area contributed by atoms with Gasteiger partial charge in [0.1, 0.15) is 11.5 Å². The van der Waals surface area contributed by atoms with Gasteiger partial charge < -0.3 is 19.3 Å². The van der Waals surface area contributed by atoms with Gasteiger partial charge in [-0.2, -0.15) is 15.4 Å². The van der Waals surface area contributed by atoms with E-state index in [0.29, 0.717) is 54.7 Å². The van der Waals surface area contributed by atoms with Crippen LogP contribution in [-0.4, -0.2) is 74.9 Å². The van der Waals surface area contributed by atoms with Gasteiger partial charge in [-0.1, -0.05) is 0 Å². The number of rotatable bonds is 3. The summed E-state index contributed by atoms with van der Waals surface area (Å²) in [6.45, 7) is 7.04. The number of nitrogens with one attached hydrogen (secondary N) is 1. The number of aromatic nitrogens is 3. The number of likely N-dealkylation sites (tertiary alicyclic amines) is 2. The summed E-state index contributed by atoms with van der Waals surface area (Å²) in [6, 6.07) is 1.75. The van der Waals surface area contributed by atoms with E-state index in [0.717, 1.165) is 0 Å². The maximum atomic E-state index is 12.9. The third-order valence-corrected chi connectivity index (χ3v) is 5.84. The van der Waals surface area contributed by atoms with E-state index in [-0.39, 0.29) is 24.3 Å². The van der Waals surface area contributed by atoms with Crippen LogP contribution >= 0.6 is 0 Å². The molecule has 2 amide bonds. The molecule has 9 heteroatoms. The normalized spacial score (nSPS) is 24.5. The molecular formula is C18H23N5O4. The van der Waals surface area contributed by atoms with Crippen molar-refractivity contribution in [3.8, 4) is 0 Å². The van der Waals surface area contributed by atoms with E-state index in [4.69, 9.17) is 4.42 Å². The van der Waals surface area contributed by atoms with E-state index < -0.39 is 5.41 Å². The van der Waals surface area contributed by atoms with Gasteiger partial charge >= 0.3 is 0 Å². The van der Waals surface area contributed by atoms with Crippen molar-refractivity contribution in [2.45, 2.75) is 20.8 Å². The molecule has 4 heterocycles. The summed E-state index contributed by atoms with van der Waals surface area (Å²) in [5.41, 5.74) is 0.917. The second-order valence-electron chi connectivity index (χ2n) is 7.67. The van der Waals surface area contributed by atoms with Crippen molar-refractivity contribution in [3.05, 3.63) is 34.5 Å². The lowest BCUT2D eigenvalue weighted by Gasteiger charge is -2.27. The number of hydrogen-bond acceptors (Lipinski definition) is 6. The zero-order valence-electron chi connectivity index (χ0n) is 15.7. The first kappa shape index (κ1) is 17.7. The average molecular weight is 373 g/mol. The highest BCUT2D eigenvalue weighted by atomic mass is 16.3. The zero-order valence-corrected chi connectivity index (χ0v) is 15.7. The summed E-state index contributed by atoms with van der Waals surface area (Å²) >= 11 is 0. The number of H-pyrrole nitrogens is 1. The molecule has 2 aromatic rings. The SMILES string of the molecule is Cc1cc(C(=O)N2CC3CN(C(=O)c4n[nH]nc4C)CC3(CO)C2)c(C)o1. The second-order valence-corrected chi connectivity index (χ2v) is 7.67. The predicted molar refractivity (Wildman–Crippen MR) is 94.1 cm³/mol. The maximum Gasteiger partial charge on any atom is 0.276 e. The van der Waals surface area contributed by atoms with Crippen LogP contribution < -0.4 is 0 Å². The van der Waals surface area contributed by atoms with Crippen LogP contribution in [0.3, 0.4) is 0 Å². The van der Waals surface area contributed by atoms with Gasteiger partial charge in [0.15, 0.2) is 5.69 Å². The van der Waals surface area contributed by atoms with Gasteiger partial charge in [0.2, 0.25) is 0 Å². The Balaban J connectivity index is 1.52. The van der Waals surface area contributed by atoms with Crippen molar-refractivity contribution in [2.75, 3.05) is 32.8 Å². The summed E-state index contributed by atoms with van der Waals surface area (Å²) in [4.78, 5) is 29.1. The molecule has 2 atom stereocenters. The minimum Gasteiger partial charge on any atom is -0.466 e. The van der Waals surface area contributed by atoms with Crippen molar-refractivity contribution in [2.24, 2.45) is 11.3 Å². The van der Waals surface area contributed by atoms with Crippen LogP contribution in [0.4, 0.5) is 0 Å². The van der Waals surface area contributed by atoms with Crippen molar-refractivity contribution >= 4 is 11.8 Å². The lowest BCUT2D eigenvalue weighted by molar-refractivity contribution is 0.0663. The Morgan fingerprint density at radius 2 is 1.89 bits per heavy atom. The van der Waals surface area contributed by atoms with Gasteiger partial charge in [-0.3, -0.25) is 9.59 Å². The number of furan rings is 1. The fourth-order valence-corrected chi connectivity index (χ4v) is 4.36. The number of aryl methyl sites for hydroxylation is 3. The van der Waals surface area contributed by atoms with Gasteiger partial charge in [0, 0.05) is 37.5 Å². The molecule has 2 saturated heterocycles. The molecule has 144 valence electrons. The molecule has 27 heavy (non-hydrogen) atoms. The molecule has 0 radical (unpaired) electrons. The van der Waals surface area contributed by atoms with Gasteiger partial charge in [0.25, 0.3) is 11.8 Å². The number of carbonyl (C=O) groups is 2. The molecule has 2 N–H and O–H groups in total. The molecule has 2 aromatic heterocycles.